The minimum atomic E-state index is -0.668. The van der Waals surface area contributed by atoms with Crippen LogP contribution >= 0.6 is 0 Å². The molecule has 0 aliphatic rings. The second-order valence-corrected chi connectivity index (χ2v) is 5.28. The molecule has 1 amide bonds. The van der Waals surface area contributed by atoms with Gasteiger partial charge in [-0.05, 0) is 30.7 Å². The zero-order valence-corrected chi connectivity index (χ0v) is 13.2. The van der Waals surface area contributed by atoms with Crippen molar-refractivity contribution in [1.82, 2.24) is 0 Å². The summed E-state index contributed by atoms with van der Waals surface area (Å²) < 4.78 is 10.8. The molecule has 0 bridgehead atoms. The van der Waals surface area contributed by atoms with E-state index in [0.717, 1.165) is 6.42 Å². The van der Waals surface area contributed by atoms with Crippen LogP contribution in [0.25, 0.3) is 11.0 Å². The normalized spacial score (nSPS) is 10.5. The van der Waals surface area contributed by atoms with E-state index in [9.17, 15) is 9.59 Å². The molecule has 0 aliphatic carbocycles. The highest BCUT2D eigenvalue weighted by molar-refractivity contribution is 6.06. The number of rotatable bonds is 5. The molecule has 3 rings (SSSR count). The van der Waals surface area contributed by atoms with Crippen LogP contribution < -0.4 is 15.7 Å². The fourth-order valence-electron chi connectivity index (χ4n) is 2.32. The van der Waals surface area contributed by atoms with Gasteiger partial charge in [-0.3, -0.25) is 4.79 Å². The lowest BCUT2D eigenvalue weighted by Gasteiger charge is -2.11. The van der Waals surface area contributed by atoms with Gasteiger partial charge in [0.05, 0.1) is 12.3 Å². The van der Waals surface area contributed by atoms with Crippen molar-refractivity contribution in [3.63, 3.8) is 0 Å². The van der Waals surface area contributed by atoms with E-state index in [4.69, 9.17) is 9.15 Å². The second kappa shape index (κ2) is 7.00. The highest BCUT2D eigenvalue weighted by atomic mass is 16.5. The van der Waals surface area contributed by atoms with Crippen molar-refractivity contribution in [3.8, 4) is 5.75 Å². The van der Waals surface area contributed by atoms with Crippen molar-refractivity contribution in [3.05, 3.63) is 70.6 Å². The van der Waals surface area contributed by atoms with Crippen LogP contribution in [-0.4, -0.2) is 12.5 Å². The molecule has 0 radical (unpaired) electrons. The first-order valence-corrected chi connectivity index (χ1v) is 7.75. The van der Waals surface area contributed by atoms with E-state index < -0.39 is 11.5 Å². The van der Waals surface area contributed by atoms with E-state index in [1.54, 1.807) is 36.4 Å². The first kappa shape index (κ1) is 15.8. The summed E-state index contributed by atoms with van der Waals surface area (Å²) in [5.41, 5.74) is 0.256. The SMILES string of the molecule is CCCOc1ccccc1NC(=O)c1cc2ccccc2oc1=O. The molecule has 1 N–H and O–H groups in total. The number of anilines is 1. The van der Waals surface area contributed by atoms with Gasteiger partial charge in [0.15, 0.2) is 0 Å². The molecule has 0 saturated heterocycles. The van der Waals surface area contributed by atoms with Crippen LogP contribution in [0, 0.1) is 0 Å². The second-order valence-electron chi connectivity index (χ2n) is 5.28. The van der Waals surface area contributed by atoms with Crippen LogP contribution in [0.5, 0.6) is 5.75 Å². The number of amides is 1. The first-order valence-electron chi connectivity index (χ1n) is 7.75. The monoisotopic (exact) mass is 323 g/mol. The van der Waals surface area contributed by atoms with Crippen LogP contribution in [0.2, 0.25) is 0 Å². The van der Waals surface area contributed by atoms with Gasteiger partial charge in [-0.15, -0.1) is 0 Å². The average molecular weight is 323 g/mol. The molecule has 2 aromatic carbocycles. The molecule has 24 heavy (non-hydrogen) atoms. The predicted octanol–water partition coefficient (Wildman–Crippen LogP) is 3.83. The smallest absolute Gasteiger partial charge is 0.349 e. The standard InChI is InChI=1S/C19H17NO4/c1-2-11-23-17-10-6-4-8-15(17)20-18(21)14-12-13-7-3-5-9-16(13)24-19(14)22/h3-10,12H,2,11H2,1H3,(H,20,21). The summed E-state index contributed by atoms with van der Waals surface area (Å²) in [6.45, 7) is 2.55. The Morgan fingerprint density at radius 2 is 1.88 bits per heavy atom. The molecular formula is C19H17NO4. The van der Waals surface area contributed by atoms with E-state index in [1.165, 1.54) is 6.07 Å². The number of hydrogen-bond acceptors (Lipinski definition) is 4. The Morgan fingerprint density at radius 1 is 1.12 bits per heavy atom. The van der Waals surface area contributed by atoms with Gasteiger partial charge >= 0.3 is 5.63 Å². The summed E-state index contributed by atoms with van der Waals surface area (Å²) in [5.74, 6) is 0.0416. The summed E-state index contributed by atoms with van der Waals surface area (Å²) in [6, 6.07) is 15.7. The Hall–Kier alpha value is -3.08. The fourth-order valence-corrected chi connectivity index (χ4v) is 2.32. The first-order chi connectivity index (χ1) is 11.7. The molecule has 1 heterocycles. The number of hydrogen-bond donors (Lipinski definition) is 1. The van der Waals surface area contributed by atoms with Crippen molar-refractivity contribution >= 4 is 22.6 Å². The number of benzene rings is 2. The van der Waals surface area contributed by atoms with Crippen molar-refractivity contribution in [2.75, 3.05) is 11.9 Å². The Morgan fingerprint density at radius 3 is 2.71 bits per heavy atom. The van der Waals surface area contributed by atoms with Gasteiger partial charge in [-0.2, -0.15) is 0 Å². The number of ether oxygens (including phenoxy) is 1. The summed E-state index contributed by atoms with van der Waals surface area (Å²) in [7, 11) is 0. The lowest BCUT2D eigenvalue weighted by atomic mass is 10.1. The lowest BCUT2D eigenvalue weighted by molar-refractivity contribution is 0.102. The molecule has 0 unspecified atom stereocenters. The zero-order valence-electron chi connectivity index (χ0n) is 13.2. The minimum absolute atomic E-state index is 0.0426. The third kappa shape index (κ3) is 3.30. The lowest BCUT2D eigenvalue weighted by Crippen LogP contribution is -2.21. The van der Waals surface area contributed by atoms with Crippen molar-refractivity contribution in [2.45, 2.75) is 13.3 Å². The number of carbonyl (C=O) groups is 1. The number of carbonyl (C=O) groups excluding carboxylic acids is 1. The van der Waals surface area contributed by atoms with Crippen LogP contribution in [0.15, 0.2) is 63.8 Å². The largest absolute Gasteiger partial charge is 0.491 e. The maximum Gasteiger partial charge on any atom is 0.349 e. The molecule has 5 heteroatoms. The van der Waals surface area contributed by atoms with Crippen LogP contribution in [0.4, 0.5) is 5.69 Å². The molecule has 0 aliphatic heterocycles. The molecule has 0 spiro atoms. The molecule has 122 valence electrons. The maximum absolute atomic E-state index is 12.5. The van der Waals surface area contributed by atoms with E-state index in [-0.39, 0.29) is 5.56 Å². The van der Waals surface area contributed by atoms with Gasteiger partial charge in [0.1, 0.15) is 16.9 Å². The van der Waals surface area contributed by atoms with Crippen molar-refractivity contribution in [2.24, 2.45) is 0 Å². The van der Waals surface area contributed by atoms with Crippen LogP contribution in [0.3, 0.4) is 0 Å². The summed E-state index contributed by atoms with van der Waals surface area (Å²) in [4.78, 5) is 24.5. The Labute approximate surface area is 138 Å². The molecule has 3 aromatic rings. The highest BCUT2D eigenvalue weighted by Crippen LogP contribution is 2.24. The predicted molar refractivity (Wildman–Crippen MR) is 92.7 cm³/mol. The van der Waals surface area contributed by atoms with E-state index in [1.807, 2.05) is 19.1 Å². The Balaban J connectivity index is 1.91. The molecular weight excluding hydrogens is 306 g/mol. The number of para-hydroxylation sites is 3. The van der Waals surface area contributed by atoms with Crippen molar-refractivity contribution < 1.29 is 13.9 Å². The Kier molecular flexibility index (Phi) is 4.61. The molecule has 0 saturated carbocycles. The van der Waals surface area contributed by atoms with E-state index in [2.05, 4.69) is 5.32 Å². The van der Waals surface area contributed by atoms with Gasteiger partial charge in [0.25, 0.3) is 5.91 Å². The maximum atomic E-state index is 12.5. The topological polar surface area (TPSA) is 68.5 Å². The van der Waals surface area contributed by atoms with Gasteiger partial charge < -0.3 is 14.5 Å². The summed E-state index contributed by atoms with van der Waals surface area (Å²) in [6.07, 6.45) is 0.858. The summed E-state index contributed by atoms with van der Waals surface area (Å²) in [5, 5.41) is 3.41. The highest BCUT2D eigenvalue weighted by Gasteiger charge is 2.15. The van der Waals surface area contributed by atoms with Gasteiger partial charge in [-0.25, -0.2) is 4.79 Å². The molecule has 5 nitrogen and oxygen atoms in total. The molecule has 0 fully saturated rings. The third-order valence-corrected chi connectivity index (χ3v) is 3.48. The van der Waals surface area contributed by atoms with E-state index >= 15 is 0 Å². The third-order valence-electron chi connectivity index (χ3n) is 3.48. The van der Waals surface area contributed by atoms with Crippen molar-refractivity contribution in [1.29, 1.82) is 0 Å². The molecule has 1 aromatic heterocycles. The van der Waals surface area contributed by atoms with E-state index in [0.29, 0.717) is 29.0 Å². The fraction of sp³-hybridized carbons (Fsp3) is 0.158. The minimum Gasteiger partial charge on any atom is -0.491 e. The van der Waals surface area contributed by atoms with Crippen LogP contribution in [0.1, 0.15) is 23.7 Å². The van der Waals surface area contributed by atoms with Crippen LogP contribution in [-0.2, 0) is 0 Å². The van der Waals surface area contributed by atoms with Gasteiger partial charge in [-0.1, -0.05) is 37.3 Å². The quantitative estimate of drug-likeness (QED) is 0.724. The Bertz CT molecular complexity index is 930. The van der Waals surface area contributed by atoms with Gasteiger partial charge in [0, 0.05) is 5.39 Å². The average Bonchev–Trinajstić information content (AvgIpc) is 2.60. The molecule has 0 atom stereocenters. The zero-order chi connectivity index (χ0) is 16.9. The summed E-state index contributed by atoms with van der Waals surface area (Å²) >= 11 is 0. The number of fused-ring (bicyclic) bond motifs is 1. The van der Waals surface area contributed by atoms with Gasteiger partial charge in [0.2, 0.25) is 0 Å². The number of nitrogens with one attached hydrogen (secondary N) is 1.